The molecule has 21 heavy (non-hydrogen) atoms. The van der Waals surface area contributed by atoms with Gasteiger partial charge in [-0.3, -0.25) is 9.59 Å². The number of rotatable bonds is 6. The summed E-state index contributed by atoms with van der Waals surface area (Å²) in [6.07, 6.45) is 3.26. The van der Waals surface area contributed by atoms with Gasteiger partial charge in [-0.1, -0.05) is 25.5 Å². The van der Waals surface area contributed by atoms with Gasteiger partial charge in [0.05, 0.1) is 0 Å². The first-order valence-corrected chi connectivity index (χ1v) is 7.38. The maximum absolute atomic E-state index is 12.5. The van der Waals surface area contributed by atoms with Crippen LogP contribution in [0.15, 0.2) is 24.3 Å². The minimum atomic E-state index is -1.00. The van der Waals surface area contributed by atoms with Gasteiger partial charge in [0.1, 0.15) is 6.54 Å². The highest BCUT2D eigenvalue weighted by molar-refractivity contribution is 5.96. The molecule has 1 N–H and O–H groups in total. The van der Waals surface area contributed by atoms with Crippen LogP contribution >= 0.6 is 0 Å². The van der Waals surface area contributed by atoms with Gasteiger partial charge < -0.3 is 10.0 Å². The van der Waals surface area contributed by atoms with Gasteiger partial charge in [0.15, 0.2) is 0 Å². The van der Waals surface area contributed by atoms with Crippen molar-refractivity contribution in [2.75, 3.05) is 6.54 Å². The van der Waals surface area contributed by atoms with Crippen LogP contribution in [0.5, 0.6) is 0 Å². The van der Waals surface area contributed by atoms with Gasteiger partial charge in [-0.2, -0.15) is 0 Å². The average molecular weight is 291 g/mol. The highest BCUT2D eigenvalue weighted by Gasteiger charge is 2.29. The van der Waals surface area contributed by atoms with Crippen LogP contribution in [-0.4, -0.2) is 34.0 Å². The van der Waals surface area contributed by atoms with Crippen molar-refractivity contribution in [3.8, 4) is 0 Å². The summed E-state index contributed by atoms with van der Waals surface area (Å²) in [6, 6.07) is 7.47. The Morgan fingerprint density at radius 3 is 2.14 bits per heavy atom. The van der Waals surface area contributed by atoms with E-state index >= 15 is 0 Å². The Bertz CT molecular complexity index is 486. The van der Waals surface area contributed by atoms with Gasteiger partial charge in [0.25, 0.3) is 5.91 Å². The van der Waals surface area contributed by atoms with Crippen molar-refractivity contribution in [1.82, 2.24) is 4.90 Å². The highest BCUT2D eigenvalue weighted by atomic mass is 16.4. The minimum Gasteiger partial charge on any atom is -0.480 e. The molecular formula is C17H25NO3. The normalized spacial score (nSPS) is 11.2. The van der Waals surface area contributed by atoms with Gasteiger partial charge in [-0.15, -0.1) is 0 Å². The number of carboxylic acids is 1. The Morgan fingerprint density at radius 1 is 1.14 bits per heavy atom. The number of hydrogen-bond donors (Lipinski definition) is 1. The van der Waals surface area contributed by atoms with E-state index in [4.69, 9.17) is 5.11 Å². The van der Waals surface area contributed by atoms with E-state index in [0.717, 1.165) is 19.3 Å². The number of carbonyl (C=O) groups is 2. The number of unbranched alkanes of at least 4 members (excludes halogenated alkanes) is 1. The summed E-state index contributed by atoms with van der Waals surface area (Å²) < 4.78 is 0. The molecule has 0 aliphatic carbocycles. The first kappa shape index (κ1) is 17.2. The Kier molecular flexibility index (Phi) is 5.94. The molecule has 0 fully saturated rings. The summed E-state index contributed by atoms with van der Waals surface area (Å²) in [5.74, 6) is -1.25. The third-order valence-corrected chi connectivity index (χ3v) is 3.37. The van der Waals surface area contributed by atoms with Crippen LogP contribution in [0.25, 0.3) is 0 Å². The number of carboxylic acid groups (broad SMARTS) is 1. The Balaban J connectivity index is 2.91. The molecular weight excluding hydrogens is 266 g/mol. The molecule has 116 valence electrons. The van der Waals surface area contributed by atoms with Gasteiger partial charge in [0.2, 0.25) is 0 Å². The first-order chi connectivity index (χ1) is 9.75. The lowest BCUT2D eigenvalue weighted by Crippen LogP contribution is -2.48. The fourth-order valence-electron chi connectivity index (χ4n) is 2.10. The third kappa shape index (κ3) is 5.21. The van der Waals surface area contributed by atoms with Crippen LogP contribution in [-0.2, 0) is 11.2 Å². The van der Waals surface area contributed by atoms with E-state index < -0.39 is 11.5 Å². The Morgan fingerprint density at radius 2 is 1.71 bits per heavy atom. The zero-order valence-electron chi connectivity index (χ0n) is 13.3. The smallest absolute Gasteiger partial charge is 0.323 e. The first-order valence-electron chi connectivity index (χ1n) is 7.38. The fourth-order valence-corrected chi connectivity index (χ4v) is 2.10. The standard InChI is InChI=1S/C17H25NO3/c1-5-6-7-13-8-10-14(11-9-13)16(21)18(12-15(19)20)17(2,3)4/h8-11H,5-7,12H2,1-4H3,(H,19,20). The Labute approximate surface area is 126 Å². The number of amides is 1. The van der Waals surface area contributed by atoms with Gasteiger partial charge in [0, 0.05) is 11.1 Å². The topological polar surface area (TPSA) is 57.6 Å². The summed E-state index contributed by atoms with van der Waals surface area (Å²) in [7, 11) is 0. The van der Waals surface area contributed by atoms with Crippen LogP contribution in [0.3, 0.4) is 0 Å². The van der Waals surface area contributed by atoms with E-state index in [2.05, 4.69) is 6.92 Å². The van der Waals surface area contributed by atoms with Gasteiger partial charge in [-0.05, 0) is 51.3 Å². The van der Waals surface area contributed by atoms with Crippen LogP contribution in [0.4, 0.5) is 0 Å². The summed E-state index contributed by atoms with van der Waals surface area (Å²) in [6.45, 7) is 7.36. The van der Waals surface area contributed by atoms with E-state index in [1.54, 1.807) is 12.1 Å². The van der Waals surface area contributed by atoms with Crippen LogP contribution in [0, 0.1) is 0 Å². The number of hydrogen-bond acceptors (Lipinski definition) is 2. The van der Waals surface area contributed by atoms with Crippen molar-refractivity contribution in [1.29, 1.82) is 0 Å². The molecule has 4 heteroatoms. The van der Waals surface area contributed by atoms with Crippen LogP contribution in [0.1, 0.15) is 56.5 Å². The van der Waals surface area contributed by atoms with E-state index in [9.17, 15) is 9.59 Å². The van der Waals surface area contributed by atoms with Crippen molar-refractivity contribution in [2.24, 2.45) is 0 Å². The Hall–Kier alpha value is -1.84. The largest absolute Gasteiger partial charge is 0.480 e. The zero-order chi connectivity index (χ0) is 16.0. The maximum atomic E-state index is 12.5. The molecule has 0 aliphatic rings. The molecule has 0 aromatic heterocycles. The summed E-state index contributed by atoms with van der Waals surface area (Å²) in [4.78, 5) is 24.9. The number of benzene rings is 1. The molecule has 0 aliphatic heterocycles. The van der Waals surface area contributed by atoms with Crippen molar-refractivity contribution in [2.45, 2.75) is 52.5 Å². The summed E-state index contributed by atoms with van der Waals surface area (Å²) in [5, 5.41) is 8.99. The van der Waals surface area contributed by atoms with Crippen molar-refractivity contribution in [3.05, 3.63) is 35.4 Å². The lowest BCUT2D eigenvalue weighted by atomic mass is 10.0. The van der Waals surface area contributed by atoms with Crippen LogP contribution in [0.2, 0.25) is 0 Å². The lowest BCUT2D eigenvalue weighted by Gasteiger charge is -2.34. The highest BCUT2D eigenvalue weighted by Crippen LogP contribution is 2.18. The van der Waals surface area contributed by atoms with E-state index in [-0.39, 0.29) is 12.5 Å². The number of aryl methyl sites for hydroxylation is 1. The van der Waals surface area contributed by atoms with Crippen molar-refractivity contribution < 1.29 is 14.7 Å². The predicted octanol–water partition coefficient (Wildman–Crippen LogP) is 3.35. The fraction of sp³-hybridized carbons (Fsp3) is 0.529. The van der Waals surface area contributed by atoms with Crippen molar-refractivity contribution in [3.63, 3.8) is 0 Å². The second kappa shape index (κ2) is 7.25. The van der Waals surface area contributed by atoms with E-state index in [1.807, 2.05) is 32.9 Å². The number of carbonyl (C=O) groups excluding carboxylic acids is 1. The maximum Gasteiger partial charge on any atom is 0.323 e. The average Bonchev–Trinajstić information content (AvgIpc) is 2.41. The molecule has 1 aromatic carbocycles. The quantitative estimate of drug-likeness (QED) is 0.874. The molecule has 4 nitrogen and oxygen atoms in total. The van der Waals surface area contributed by atoms with E-state index in [1.165, 1.54) is 10.5 Å². The summed E-state index contributed by atoms with van der Waals surface area (Å²) in [5.41, 5.74) is 1.21. The molecule has 0 spiro atoms. The molecule has 1 rings (SSSR count). The monoisotopic (exact) mass is 291 g/mol. The molecule has 0 radical (unpaired) electrons. The number of aliphatic carboxylic acids is 1. The van der Waals surface area contributed by atoms with Gasteiger partial charge >= 0.3 is 5.97 Å². The lowest BCUT2D eigenvalue weighted by molar-refractivity contribution is -0.138. The molecule has 0 saturated heterocycles. The van der Waals surface area contributed by atoms with E-state index in [0.29, 0.717) is 5.56 Å². The van der Waals surface area contributed by atoms with Gasteiger partial charge in [-0.25, -0.2) is 0 Å². The molecule has 0 unspecified atom stereocenters. The second-order valence-corrected chi connectivity index (χ2v) is 6.26. The minimum absolute atomic E-state index is 0.244. The van der Waals surface area contributed by atoms with Crippen molar-refractivity contribution >= 4 is 11.9 Å². The predicted molar refractivity (Wildman–Crippen MR) is 83.5 cm³/mol. The number of nitrogens with zero attached hydrogens (tertiary/aromatic N) is 1. The SMILES string of the molecule is CCCCc1ccc(C(=O)N(CC(=O)O)C(C)(C)C)cc1. The molecule has 0 bridgehead atoms. The molecule has 0 atom stereocenters. The van der Waals surface area contributed by atoms with Crippen LogP contribution < -0.4 is 0 Å². The molecule has 0 heterocycles. The molecule has 0 saturated carbocycles. The second-order valence-electron chi connectivity index (χ2n) is 6.26. The zero-order valence-corrected chi connectivity index (χ0v) is 13.3. The summed E-state index contributed by atoms with van der Waals surface area (Å²) >= 11 is 0. The molecule has 1 aromatic rings. The molecule has 1 amide bonds. The third-order valence-electron chi connectivity index (χ3n) is 3.37.